The first-order chi connectivity index (χ1) is 13.7. The summed E-state index contributed by atoms with van der Waals surface area (Å²) in [7, 11) is 1.39. The number of hydrogen-bond acceptors (Lipinski definition) is 6. The zero-order chi connectivity index (χ0) is 19.5. The highest BCUT2D eigenvalue weighted by Gasteiger charge is 2.32. The standard InChI is InChI=1S/C22H29N3O3/c1-28-22(27)17-13-15-7-5-6-10-18(15)24-21(17)25-12-11-19(20(26)14-25)23-16-8-3-2-4-9-16/h5-7,10,13,16,19-20,23,26H,2-4,8-9,11-12,14H2,1H3/t19?,20-/m1/s1. The quantitative estimate of drug-likeness (QED) is 0.791. The lowest BCUT2D eigenvalue weighted by atomic mass is 9.92. The Hall–Kier alpha value is -2.18. The van der Waals surface area contributed by atoms with E-state index in [9.17, 15) is 9.90 Å². The summed E-state index contributed by atoms with van der Waals surface area (Å²) in [4.78, 5) is 19.1. The van der Waals surface area contributed by atoms with Gasteiger partial charge in [-0.25, -0.2) is 9.78 Å². The normalized spacial score (nSPS) is 23.7. The van der Waals surface area contributed by atoms with E-state index in [4.69, 9.17) is 9.72 Å². The van der Waals surface area contributed by atoms with Crippen LogP contribution in [0, 0.1) is 0 Å². The molecule has 1 aromatic heterocycles. The van der Waals surface area contributed by atoms with Crippen molar-refractivity contribution >= 4 is 22.7 Å². The third-order valence-corrected chi connectivity index (χ3v) is 6.05. The molecular weight excluding hydrogens is 354 g/mol. The van der Waals surface area contributed by atoms with Gasteiger partial charge in [0.25, 0.3) is 0 Å². The zero-order valence-corrected chi connectivity index (χ0v) is 16.4. The predicted molar refractivity (Wildman–Crippen MR) is 110 cm³/mol. The first kappa shape index (κ1) is 19.2. The van der Waals surface area contributed by atoms with Crippen LogP contribution in [0.3, 0.4) is 0 Å². The second kappa shape index (κ2) is 8.45. The molecule has 1 unspecified atom stereocenters. The van der Waals surface area contributed by atoms with Crippen LogP contribution in [-0.4, -0.2) is 54.4 Å². The van der Waals surface area contributed by atoms with Crippen LogP contribution < -0.4 is 10.2 Å². The van der Waals surface area contributed by atoms with Crippen LogP contribution in [0.2, 0.25) is 0 Å². The molecule has 2 aliphatic rings. The Kier molecular flexibility index (Phi) is 5.78. The molecule has 0 bridgehead atoms. The number of benzene rings is 1. The van der Waals surface area contributed by atoms with Gasteiger partial charge < -0.3 is 20.1 Å². The largest absolute Gasteiger partial charge is 0.465 e. The summed E-state index contributed by atoms with van der Waals surface area (Å²) < 4.78 is 4.98. The highest BCUT2D eigenvalue weighted by molar-refractivity contribution is 5.99. The van der Waals surface area contributed by atoms with Gasteiger partial charge in [0.15, 0.2) is 0 Å². The maximum Gasteiger partial charge on any atom is 0.341 e. The summed E-state index contributed by atoms with van der Waals surface area (Å²) in [5.41, 5.74) is 1.29. The number of β-amino-alcohol motifs (C(OH)–C–C–N with tert-alkyl or cyclic N) is 1. The van der Waals surface area contributed by atoms with E-state index in [0.717, 1.165) is 23.9 Å². The van der Waals surface area contributed by atoms with Crippen LogP contribution in [0.4, 0.5) is 5.82 Å². The summed E-state index contributed by atoms with van der Waals surface area (Å²) >= 11 is 0. The van der Waals surface area contributed by atoms with Crippen molar-refractivity contribution in [3.63, 3.8) is 0 Å². The number of para-hydroxylation sites is 1. The number of hydrogen-bond donors (Lipinski definition) is 2. The fourth-order valence-electron chi connectivity index (χ4n) is 4.50. The number of fused-ring (bicyclic) bond motifs is 1. The molecule has 2 N–H and O–H groups in total. The maximum atomic E-state index is 12.4. The minimum atomic E-state index is -0.491. The Bertz CT molecular complexity index is 835. The highest BCUT2D eigenvalue weighted by Crippen LogP contribution is 2.28. The van der Waals surface area contributed by atoms with Gasteiger partial charge in [-0.05, 0) is 31.4 Å². The van der Waals surface area contributed by atoms with E-state index < -0.39 is 12.1 Å². The van der Waals surface area contributed by atoms with Gasteiger partial charge in [-0.15, -0.1) is 0 Å². The van der Waals surface area contributed by atoms with E-state index in [2.05, 4.69) is 5.32 Å². The summed E-state index contributed by atoms with van der Waals surface area (Å²) in [5.74, 6) is 0.200. The molecule has 6 nitrogen and oxygen atoms in total. The molecule has 1 saturated heterocycles. The first-order valence-corrected chi connectivity index (χ1v) is 10.3. The number of ether oxygens (including phenoxy) is 1. The smallest absolute Gasteiger partial charge is 0.341 e. The van der Waals surface area contributed by atoms with Crippen LogP contribution >= 0.6 is 0 Å². The van der Waals surface area contributed by atoms with Crippen molar-refractivity contribution in [2.75, 3.05) is 25.1 Å². The van der Waals surface area contributed by atoms with Gasteiger partial charge >= 0.3 is 5.97 Å². The maximum absolute atomic E-state index is 12.4. The third kappa shape index (κ3) is 3.98. The van der Waals surface area contributed by atoms with Crippen molar-refractivity contribution in [1.82, 2.24) is 10.3 Å². The lowest BCUT2D eigenvalue weighted by molar-refractivity contribution is 0.0600. The van der Waals surface area contributed by atoms with E-state index in [-0.39, 0.29) is 6.04 Å². The van der Waals surface area contributed by atoms with Gasteiger partial charge in [0.05, 0.1) is 18.7 Å². The van der Waals surface area contributed by atoms with Gasteiger partial charge in [0.2, 0.25) is 0 Å². The number of rotatable bonds is 4. The van der Waals surface area contributed by atoms with Gasteiger partial charge in [0, 0.05) is 30.6 Å². The molecule has 150 valence electrons. The Balaban J connectivity index is 1.54. The third-order valence-electron chi connectivity index (χ3n) is 6.05. The molecule has 4 rings (SSSR count). The van der Waals surface area contributed by atoms with Crippen molar-refractivity contribution in [3.05, 3.63) is 35.9 Å². The van der Waals surface area contributed by atoms with E-state index in [1.807, 2.05) is 35.2 Å². The molecule has 1 aliphatic carbocycles. The summed E-state index contributed by atoms with van der Waals surface area (Å²) in [6.07, 6.45) is 6.61. The number of pyridine rings is 1. The van der Waals surface area contributed by atoms with Crippen molar-refractivity contribution in [2.24, 2.45) is 0 Å². The van der Waals surface area contributed by atoms with Crippen LogP contribution in [0.5, 0.6) is 0 Å². The van der Waals surface area contributed by atoms with E-state index in [0.29, 0.717) is 24.0 Å². The van der Waals surface area contributed by atoms with E-state index >= 15 is 0 Å². The average molecular weight is 383 g/mol. The molecule has 2 aromatic rings. The fourth-order valence-corrected chi connectivity index (χ4v) is 4.50. The van der Waals surface area contributed by atoms with Crippen molar-refractivity contribution < 1.29 is 14.6 Å². The summed E-state index contributed by atoms with van der Waals surface area (Å²) in [5, 5.41) is 15.4. The first-order valence-electron chi connectivity index (χ1n) is 10.3. The van der Waals surface area contributed by atoms with Gasteiger partial charge in [-0.2, -0.15) is 0 Å². The van der Waals surface area contributed by atoms with E-state index in [1.54, 1.807) is 0 Å². The molecule has 2 fully saturated rings. The number of nitrogens with one attached hydrogen (secondary N) is 1. The van der Waals surface area contributed by atoms with Crippen LogP contribution in [0.25, 0.3) is 10.9 Å². The number of anilines is 1. The SMILES string of the molecule is COC(=O)c1cc2ccccc2nc1N1CCC(NC2CCCCC2)[C@H](O)C1. The Morgan fingerprint density at radius 3 is 2.75 bits per heavy atom. The van der Waals surface area contributed by atoms with Gasteiger partial charge in [0.1, 0.15) is 11.4 Å². The number of aromatic nitrogens is 1. The van der Waals surface area contributed by atoms with Crippen molar-refractivity contribution in [2.45, 2.75) is 56.7 Å². The van der Waals surface area contributed by atoms with Crippen molar-refractivity contribution in [3.8, 4) is 0 Å². The minimum Gasteiger partial charge on any atom is -0.465 e. The number of aliphatic hydroxyl groups excluding tert-OH is 1. The summed E-state index contributed by atoms with van der Waals surface area (Å²) in [6, 6.07) is 10.2. The van der Waals surface area contributed by atoms with Crippen LogP contribution in [-0.2, 0) is 4.74 Å². The number of nitrogens with zero attached hydrogens (tertiary/aromatic N) is 2. The Labute approximate surface area is 165 Å². The monoisotopic (exact) mass is 383 g/mol. The second-order valence-corrected chi connectivity index (χ2v) is 7.95. The number of esters is 1. The molecule has 0 radical (unpaired) electrons. The predicted octanol–water partition coefficient (Wildman–Crippen LogP) is 2.88. The van der Waals surface area contributed by atoms with Crippen LogP contribution in [0.15, 0.2) is 30.3 Å². The molecule has 1 saturated carbocycles. The number of methoxy groups -OCH3 is 1. The Morgan fingerprint density at radius 1 is 1.21 bits per heavy atom. The molecule has 2 heterocycles. The number of carbonyl (C=O) groups excluding carboxylic acids is 1. The van der Waals surface area contributed by atoms with Crippen LogP contribution in [0.1, 0.15) is 48.9 Å². The van der Waals surface area contributed by atoms with E-state index in [1.165, 1.54) is 39.2 Å². The number of piperidine rings is 1. The van der Waals surface area contributed by atoms with Crippen molar-refractivity contribution in [1.29, 1.82) is 0 Å². The molecular formula is C22H29N3O3. The van der Waals surface area contributed by atoms with Gasteiger partial charge in [-0.3, -0.25) is 0 Å². The molecule has 28 heavy (non-hydrogen) atoms. The molecule has 1 aliphatic heterocycles. The fraction of sp³-hybridized carbons (Fsp3) is 0.545. The lowest BCUT2D eigenvalue weighted by Gasteiger charge is -2.39. The lowest BCUT2D eigenvalue weighted by Crippen LogP contribution is -2.55. The average Bonchev–Trinajstić information content (AvgIpc) is 2.74. The molecule has 6 heteroatoms. The topological polar surface area (TPSA) is 74.7 Å². The second-order valence-electron chi connectivity index (χ2n) is 7.95. The molecule has 0 amide bonds. The summed E-state index contributed by atoms with van der Waals surface area (Å²) in [6.45, 7) is 1.20. The minimum absolute atomic E-state index is 0.0985. The molecule has 1 aromatic carbocycles. The van der Waals surface area contributed by atoms with Gasteiger partial charge in [-0.1, -0.05) is 37.5 Å². The number of carbonyl (C=O) groups is 1. The number of aliphatic hydroxyl groups is 1. The zero-order valence-electron chi connectivity index (χ0n) is 16.4. The molecule has 0 spiro atoms. The highest BCUT2D eigenvalue weighted by atomic mass is 16.5. The Morgan fingerprint density at radius 2 is 2.00 bits per heavy atom. The molecule has 2 atom stereocenters.